The summed E-state index contributed by atoms with van der Waals surface area (Å²) < 4.78 is 4.60. The third kappa shape index (κ3) is 3.53. The first-order valence-corrected chi connectivity index (χ1v) is 5.95. The number of hydrogen-bond acceptors (Lipinski definition) is 5. The Hall–Kier alpha value is -2.44. The molecule has 7 nitrogen and oxygen atoms in total. The van der Waals surface area contributed by atoms with Crippen LogP contribution in [0.5, 0.6) is 0 Å². The Labute approximate surface area is 116 Å². The minimum atomic E-state index is -1.26. The summed E-state index contributed by atoms with van der Waals surface area (Å²) in [6, 6.07) is 1.82. The molecule has 0 spiro atoms. The van der Waals surface area contributed by atoms with Gasteiger partial charge in [0.1, 0.15) is 11.7 Å². The number of aromatic carboxylic acids is 1. The van der Waals surface area contributed by atoms with Crippen LogP contribution in [0.4, 0.5) is 0 Å². The van der Waals surface area contributed by atoms with Crippen molar-refractivity contribution in [3.8, 4) is 0 Å². The predicted octanol–water partition coefficient (Wildman–Crippen LogP) is 0.707. The summed E-state index contributed by atoms with van der Waals surface area (Å²) in [6.45, 7) is 3.47. The molecule has 108 valence electrons. The van der Waals surface area contributed by atoms with Gasteiger partial charge in [0.05, 0.1) is 12.7 Å². The van der Waals surface area contributed by atoms with Crippen LogP contribution in [-0.4, -0.2) is 41.1 Å². The van der Waals surface area contributed by atoms with Gasteiger partial charge in [0.25, 0.3) is 5.91 Å². The van der Waals surface area contributed by atoms with Gasteiger partial charge >= 0.3 is 11.9 Å². The molecule has 1 amide bonds. The van der Waals surface area contributed by atoms with Gasteiger partial charge in [-0.05, 0) is 18.1 Å². The summed E-state index contributed by atoms with van der Waals surface area (Å²) in [5, 5.41) is 11.4. The van der Waals surface area contributed by atoms with Gasteiger partial charge < -0.3 is 15.2 Å². The molecule has 0 aliphatic rings. The summed E-state index contributed by atoms with van der Waals surface area (Å²) in [4.78, 5) is 38.4. The van der Waals surface area contributed by atoms with E-state index in [2.05, 4.69) is 15.0 Å². The predicted molar refractivity (Wildman–Crippen MR) is 69.3 cm³/mol. The largest absolute Gasteiger partial charge is 0.478 e. The van der Waals surface area contributed by atoms with E-state index in [0.717, 1.165) is 0 Å². The van der Waals surface area contributed by atoms with E-state index in [-0.39, 0.29) is 17.2 Å². The highest BCUT2D eigenvalue weighted by molar-refractivity contribution is 6.04. The normalized spacial score (nSPS) is 11.8. The van der Waals surface area contributed by atoms with E-state index >= 15 is 0 Å². The zero-order chi connectivity index (χ0) is 15.3. The van der Waals surface area contributed by atoms with Crippen LogP contribution in [0.3, 0.4) is 0 Å². The molecule has 1 aromatic rings. The van der Waals surface area contributed by atoms with Gasteiger partial charge in [-0.25, -0.2) is 9.59 Å². The van der Waals surface area contributed by atoms with E-state index in [1.807, 2.05) is 0 Å². The number of carboxylic acids is 1. The fourth-order valence-corrected chi connectivity index (χ4v) is 1.59. The Morgan fingerprint density at radius 3 is 2.50 bits per heavy atom. The van der Waals surface area contributed by atoms with Crippen LogP contribution in [0.1, 0.15) is 34.7 Å². The van der Waals surface area contributed by atoms with Crippen molar-refractivity contribution < 1.29 is 24.2 Å². The van der Waals surface area contributed by atoms with Crippen LogP contribution < -0.4 is 5.32 Å². The lowest BCUT2D eigenvalue weighted by molar-refractivity contribution is -0.144. The smallest absolute Gasteiger partial charge is 0.338 e. The molecule has 0 saturated heterocycles. The van der Waals surface area contributed by atoms with Gasteiger partial charge in [-0.2, -0.15) is 0 Å². The molecule has 0 aromatic carbocycles. The second-order valence-electron chi connectivity index (χ2n) is 4.42. The maximum absolute atomic E-state index is 12.1. The molecule has 0 saturated carbocycles. The molecule has 0 fully saturated rings. The van der Waals surface area contributed by atoms with Crippen molar-refractivity contribution in [2.45, 2.75) is 19.9 Å². The molecular formula is C13H16N2O5. The monoisotopic (exact) mass is 280 g/mol. The van der Waals surface area contributed by atoms with Crippen molar-refractivity contribution in [1.29, 1.82) is 0 Å². The minimum Gasteiger partial charge on any atom is -0.478 e. The Balaban J connectivity index is 3.01. The average Bonchev–Trinajstić information content (AvgIpc) is 2.43. The highest BCUT2D eigenvalue weighted by Gasteiger charge is 2.27. The van der Waals surface area contributed by atoms with Crippen LogP contribution >= 0.6 is 0 Å². The third-order valence-corrected chi connectivity index (χ3v) is 2.66. The van der Waals surface area contributed by atoms with E-state index in [4.69, 9.17) is 5.11 Å². The number of esters is 1. The molecule has 7 heteroatoms. The number of pyridine rings is 1. The maximum Gasteiger partial charge on any atom is 0.338 e. The van der Waals surface area contributed by atoms with E-state index in [1.165, 1.54) is 25.4 Å². The Bertz CT molecular complexity index is 527. The van der Waals surface area contributed by atoms with E-state index in [9.17, 15) is 14.4 Å². The van der Waals surface area contributed by atoms with Gasteiger partial charge in [0.2, 0.25) is 0 Å². The molecule has 0 bridgehead atoms. The summed E-state index contributed by atoms with van der Waals surface area (Å²) in [5.41, 5.74) is -0.466. The van der Waals surface area contributed by atoms with Crippen LogP contribution in [-0.2, 0) is 9.53 Å². The summed E-state index contributed by atoms with van der Waals surface area (Å²) in [5.74, 6) is -2.79. The van der Waals surface area contributed by atoms with E-state index < -0.39 is 23.9 Å². The van der Waals surface area contributed by atoms with Crippen molar-refractivity contribution >= 4 is 17.8 Å². The number of methoxy groups -OCH3 is 1. The number of ether oxygens (including phenoxy) is 1. The standard InChI is InChI=1S/C13H16N2O5/c1-7(2)9(13(19)20-3)15-11(16)10-8(12(17)18)5-4-6-14-10/h4-7,9H,1-3H3,(H,15,16)(H,17,18)/t9-/m0/s1. The molecule has 1 aromatic heterocycles. The van der Waals surface area contributed by atoms with Crippen molar-refractivity contribution in [2.24, 2.45) is 5.92 Å². The summed E-state index contributed by atoms with van der Waals surface area (Å²) >= 11 is 0. The molecule has 1 rings (SSSR count). The number of hydrogen-bond donors (Lipinski definition) is 2. The molecule has 0 aliphatic heterocycles. The van der Waals surface area contributed by atoms with Crippen molar-refractivity contribution in [3.63, 3.8) is 0 Å². The molecule has 1 atom stereocenters. The number of aromatic nitrogens is 1. The van der Waals surface area contributed by atoms with Gasteiger partial charge in [-0.15, -0.1) is 0 Å². The SMILES string of the molecule is COC(=O)[C@@H](NC(=O)c1ncccc1C(=O)O)C(C)C. The van der Waals surface area contributed by atoms with Crippen LogP contribution in [0.2, 0.25) is 0 Å². The molecule has 0 aliphatic carbocycles. The van der Waals surface area contributed by atoms with Crippen LogP contribution in [0.15, 0.2) is 18.3 Å². The number of nitrogens with zero attached hydrogens (tertiary/aromatic N) is 1. The number of carboxylic acid groups (broad SMARTS) is 1. The quantitative estimate of drug-likeness (QED) is 0.769. The topological polar surface area (TPSA) is 106 Å². The maximum atomic E-state index is 12.1. The molecule has 20 heavy (non-hydrogen) atoms. The highest BCUT2D eigenvalue weighted by Crippen LogP contribution is 2.09. The molecule has 0 unspecified atom stereocenters. The first-order chi connectivity index (χ1) is 9.38. The Morgan fingerprint density at radius 2 is 2.00 bits per heavy atom. The fraction of sp³-hybridized carbons (Fsp3) is 0.385. The zero-order valence-electron chi connectivity index (χ0n) is 11.4. The van der Waals surface area contributed by atoms with Gasteiger partial charge in [-0.1, -0.05) is 13.8 Å². The molecule has 2 N–H and O–H groups in total. The number of amides is 1. The second-order valence-corrected chi connectivity index (χ2v) is 4.42. The number of carbonyl (C=O) groups excluding carboxylic acids is 2. The zero-order valence-corrected chi connectivity index (χ0v) is 11.4. The minimum absolute atomic E-state index is 0.205. The summed E-state index contributed by atoms with van der Waals surface area (Å²) in [7, 11) is 1.22. The van der Waals surface area contributed by atoms with Gasteiger partial charge in [0.15, 0.2) is 0 Å². The Morgan fingerprint density at radius 1 is 1.35 bits per heavy atom. The fourth-order valence-electron chi connectivity index (χ4n) is 1.59. The lowest BCUT2D eigenvalue weighted by Gasteiger charge is -2.19. The van der Waals surface area contributed by atoms with Crippen molar-refractivity contribution in [1.82, 2.24) is 10.3 Å². The number of rotatable bonds is 5. The molecule has 1 heterocycles. The van der Waals surface area contributed by atoms with Crippen LogP contribution in [0, 0.1) is 5.92 Å². The highest BCUT2D eigenvalue weighted by atomic mass is 16.5. The van der Waals surface area contributed by atoms with Gasteiger partial charge in [-0.3, -0.25) is 9.78 Å². The van der Waals surface area contributed by atoms with Gasteiger partial charge in [0, 0.05) is 6.20 Å². The van der Waals surface area contributed by atoms with E-state index in [0.29, 0.717) is 0 Å². The van der Waals surface area contributed by atoms with Crippen LogP contribution in [0.25, 0.3) is 0 Å². The Kier molecular flexibility index (Phi) is 5.19. The third-order valence-electron chi connectivity index (χ3n) is 2.66. The average molecular weight is 280 g/mol. The summed E-state index contributed by atoms with van der Waals surface area (Å²) in [6.07, 6.45) is 1.31. The van der Waals surface area contributed by atoms with Crippen molar-refractivity contribution in [3.05, 3.63) is 29.6 Å². The molecule has 0 radical (unpaired) electrons. The first-order valence-electron chi connectivity index (χ1n) is 5.95. The second kappa shape index (κ2) is 6.65. The number of carbonyl (C=O) groups is 3. The lowest BCUT2D eigenvalue weighted by atomic mass is 10.0. The van der Waals surface area contributed by atoms with Crippen molar-refractivity contribution in [2.75, 3.05) is 7.11 Å². The first kappa shape index (κ1) is 15.6. The lowest BCUT2D eigenvalue weighted by Crippen LogP contribution is -2.45. The number of nitrogens with one attached hydrogen (secondary N) is 1. The molecular weight excluding hydrogens is 264 g/mol. The van der Waals surface area contributed by atoms with E-state index in [1.54, 1.807) is 13.8 Å².